The van der Waals surface area contributed by atoms with Gasteiger partial charge >= 0.3 is 0 Å². The topological polar surface area (TPSA) is 3.24 Å². The van der Waals surface area contributed by atoms with E-state index in [1.807, 2.05) is 0 Å². The molecule has 0 N–H and O–H groups in total. The van der Waals surface area contributed by atoms with E-state index < -0.39 is 0 Å². The van der Waals surface area contributed by atoms with Gasteiger partial charge in [-0.15, -0.1) is 0 Å². The summed E-state index contributed by atoms with van der Waals surface area (Å²) < 4.78 is 0. The van der Waals surface area contributed by atoms with E-state index in [-0.39, 0.29) is 0 Å². The van der Waals surface area contributed by atoms with Gasteiger partial charge in [0.15, 0.2) is 0 Å². The number of nitrogens with zero attached hydrogens (tertiary/aromatic N) is 1. The van der Waals surface area contributed by atoms with Crippen LogP contribution >= 0.6 is 0 Å². The molecule has 0 bridgehead atoms. The fourth-order valence-electron chi connectivity index (χ4n) is 4.46. The summed E-state index contributed by atoms with van der Waals surface area (Å²) in [7, 11) is 4.35. The monoisotopic (exact) mass is 415 g/mol. The van der Waals surface area contributed by atoms with E-state index >= 15 is 0 Å². The summed E-state index contributed by atoms with van der Waals surface area (Å²) in [6.45, 7) is 3.50. The Morgan fingerprint density at radius 2 is 0.867 bits per heavy atom. The minimum absolute atomic E-state index is 1.26. The lowest BCUT2D eigenvalue weighted by molar-refractivity contribution is 0.389. The Hall–Kier alpha value is -0.820. The molecule has 0 aliphatic heterocycles. The summed E-state index contributed by atoms with van der Waals surface area (Å²) in [4.78, 5) is 2.30. The van der Waals surface area contributed by atoms with Crippen molar-refractivity contribution in [2.45, 2.75) is 129 Å². The minimum atomic E-state index is 1.26. The van der Waals surface area contributed by atoms with E-state index in [0.717, 1.165) is 0 Å². The van der Waals surface area contributed by atoms with Crippen LogP contribution in [0.15, 0.2) is 24.3 Å². The number of benzene rings is 1. The lowest BCUT2D eigenvalue weighted by Crippen LogP contribution is -2.12. The maximum absolute atomic E-state index is 2.30. The van der Waals surface area contributed by atoms with Gasteiger partial charge in [-0.1, -0.05) is 127 Å². The van der Waals surface area contributed by atoms with Crippen molar-refractivity contribution >= 4 is 0 Å². The van der Waals surface area contributed by atoms with Gasteiger partial charge < -0.3 is 4.90 Å². The molecule has 0 spiro atoms. The zero-order valence-corrected chi connectivity index (χ0v) is 20.9. The maximum Gasteiger partial charge on any atom is -0.00248 e. The van der Waals surface area contributed by atoms with Crippen LogP contribution in [0.4, 0.5) is 0 Å². The van der Waals surface area contributed by atoms with E-state index in [1.165, 1.54) is 134 Å². The number of rotatable bonds is 21. The van der Waals surface area contributed by atoms with Gasteiger partial charge in [0.05, 0.1) is 0 Å². The SMILES string of the molecule is Cc1ccccc1CCCCCCCCCCCCCCCCCCCCN(C)C. The molecule has 174 valence electrons. The predicted molar refractivity (Wildman–Crippen MR) is 137 cm³/mol. The highest BCUT2D eigenvalue weighted by atomic mass is 15.0. The van der Waals surface area contributed by atoms with E-state index in [4.69, 9.17) is 0 Å². The maximum atomic E-state index is 2.30. The zero-order chi connectivity index (χ0) is 21.7. The van der Waals surface area contributed by atoms with Crippen LogP contribution in [0, 0.1) is 6.92 Å². The van der Waals surface area contributed by atoms with Crippen molar-refractivity contribution in [2.24, 2.45) is 0 Å². The first kappa shape index (κ1) is 27.2. The van der Waals surface area contributed by atoms with Gasteiger partial charge in [0, 0.05) is 0 Å². The van der Waals surface area contributed by atoms with Crippen molar-refractivity contribution < 1.29 is 0 Å². The fraction of sp³-hybridized carbons (Fsp3) is 0.793. The first-order valence-corrected chi connectivity index (χ1v) is 13.4. The van der Waals surface area contributed by atoms with E-state index in [0.29, 0.717) is 0 Å². The molecule has 1 rings (SSSR count). The second kappa shape index (κ2) is 20.1. The van der Waals surface area contributed by atoms with Crippen LogP contribution in [0.3, 0.4) is 0 Å². The van der Waals surface area contributed by atoms with Gasteiger partial charge in [0.1, 0.15) is 0 Å². The van der Waals surface area contributed by atoms with Gasteiger partial charge in [0.25, 0.3) is 0 Å². The largest absolute Gasteiger partial charge is 0.309 e. The highest BCUT2D eigenvalue weighted by Gasteiger charge is 1.98. The van der Waals surface area contributed by atoms with E-state index in [9.17, 15) is 0 Å². The van der Waals surface area contributed by atoms with Crippen molar-refractivity contribution in [1.29, 1.82) is 0 Å². The second-order valence-corrected chi connectivity index (χ2v) is 9.84. The summed E-state index contributed by atoms with van der Waals surface area (Å²) in [5.74, 6) is 0. The Bertz CT molecular complexity index is 479. The van der Waals surface area contributed by atoms with Crippen molar-refractivity contribution in [1.82, 2.24) is 4.90 Å². The molecule has 0 atom stereocenters. The molecule has 0 unspecified atom stereocenters. The molecule has 0 saturated carbocycles. The Balaban J connectivity index is 1.70. The summed E-state index contributed by atoms with van der Waals surface area (Å²) in [6.07, 6.45) is 27.3. The second-order valence-electron chi connectivity index (χ2n) is 9.84. The van der Waals surface area contributed by atoms with Crippen molar-refractivity contribution in [3.63, 3.8) is 0 Å². The van der Waals surface area contributed by atoms with Crippen LogP contribution in [-0.2, 0) is 6.42 Å². The first-order valence-electron chi connectivity index (χ1n) is 13.4. The van der Waals surface area contributed by atoms with Crippen LogP contribution in [-0.4, -0.2) is 25.5 Å². The van der Waals surface area contributed by atoms with E-state index in [1.54, 1.807) is 5.56 Å². The fourth-order valence-corrected chi connectivity index (χ4v) is 4.46. The van der Waals surface area contributed by atoms with Crippen LogP contribution in [0.5, 0.6) is 0 Å². The van der Waals surface area contributed by atoms with Crippen LogP contribution in [0.1, 0.15) is 127 Å². The summed E-state index contributed by atoms with van der Waals surface area (Å²) in [5.41, 5.74) is 3.01. The number of unbranched alkanes of at least 4 members (excludes halogenated alkanes) is 17. The minimum Gasteiger partial charge on any atom is -0.309 e. The summed E-state index contributed by atoms with van der Waals surface area (Å²) in [6, 6.07) is 8.86. The highest BCUT2D eigenvalue weighted by molar-refractivity contribution is 5.25. The van der Waals surface area contributed by atoms with Crippen molar-refractivity contribution in [3.8, 4) is 0 Å². The Labute approximate surface area is 190 Å². The Morgan fingerprint density at radius 3 is 1.27 bits per heavy atom. The first-order chi connectivity index (χ1) is 14.7. The van der Waals surface area contributed by atoms with Crippen LogP contribution in [0.2, 0.25) is 0 Å². The van der Waals surface area contributed by atoms with Crippen molar-refractivity contribution in [3.05, 3.63) is 35.4 Å². The predicted octanol–water partition coefficient (Wildman–Crippen LogP) is 9.12. The third kappa shape index (κ3) is 16.9. The number of hydrogen-bond acceptors (Lipinski definition) is 1. The molecule has 0 aliphatic rings. The average Bonchev–Trinajstić information content (AvgIpc) is 2.73. The molecule has 1 aromatic carbocycles. The Kier molecular flexibility index (Phi) is 18.2. The number of aryl methyl sites for hydroxylation is 2. The van der Waals surface area contributed by atoms with Crippen molar-refractivity contribution in [2.75, 3.05) is 20.6 Å². The zero-order valence-electron chi connectivity index (χ0n) is 20.9. The standard InChI is InChI=1S/C29H53N/c1-28-24-21-22-26-29(28)25-20-18-16-14-12-10-8-6-4-5-7-9-11-13-15-17-19-23-27-30(2)3/h21-22,24,26H,4-20,23,25,27H2,1-3H3. The lowest BCUT2D eigenvalue weighted by Gasteiger charge is -2.08. The highest BCUT2D eigenvalue weighted by Crippen LogP contribution is 2.16. The molecule has 0 aliphatic carbocycles. The molecular formula is C29H53N. The molecule has 0 heterocycles. The Morgan fingerprint density at radius 1 is 0.500 bits per heavy atom. The average molecular weight is 416 g/mol. The molecular weight excluding hydrogens is 362 g/mol. The smallest absolute Gasteiger partial charge is 0.00248 e. The molecule has 0 aromatic heterocycles. The van der Waals surface area contributed by atoms with Gasteiger partial charge in [-0.3, -0.25) is 0 Å². The van der Waals surface area contributed by atoms with E-state index in [2.05, 4.69) is 50.2 Å². The molecule has 0 amide bonds. The molecule has 0 fully saturated rings. The van der Waals surface area contributed by atoms with Gasteiger partial charge in [-0.2, -0.15) is 0 Å². The quantitative estimate of drug-likeness (QED) is 0.181. The van der Waals surface area contributed by atoms with Gasteiger partial charge in [-0.25, -0.2) is 0 Å². The summed E-state index contributed by atoms with van der Waals surface area (Å²) in [5, 5.41) is 0. The lowest BCUT2D eigenvalue weighted by atomic mass is 10.0. The van der Waals surface area contributed by atoms with Crippen LogP contribution < -0.4 is 0 Å². The molecule has 0 radical (unpaired) electrons. The molecule has 1 aromatic rings. The third-order valence-corrected chi connectivity index (χ3v) is 6.56. The molecule has 30 heavy (non-hydrogen) atoms. The van der Waals surface area contributed by atoms with Crippen LogP contribution in [0.25, 0.3) is 0 Å². The molecule has 1 nitrogen and oxygen atoms in total. The normalized spacial score (nSPS) is 11.5. The summed E-state index contributed by atoms with van der Waals surface area (Å²) >= 11 is 0. The van der Waals surface area contributed by atoms with Gasteiger partial charge in [-0.05, 0) is 58.0 Å². The number of hydrogen-bond donors (Lipinski definition) is 0. The molecule has 0 saturated heterocycles. The molecule has 1 heteroatoms. The third-order valence-electron chi connectivity index (χ3n) is 6.56. The van der Waals surface area contributed by atoms with Gasteiger partial charge in [0.2, 0.25) is 0 Å².